The maximum atomic E-state index is 13.0. The summed E-state index contributed by atoms with van der Waals surface area (Å²) in [7, 11) is 1.58. The van der Waals surface area contributed by atoms with E-state index in [0.29, 0.717) is 35.5 Å². The molecule has 0 fully saturated rings. The average Bonchev–Trinajstić information content (AvgIpc) is 2.97. The quantitative estimate of drug-likeness (QED) is 0.583. The van der Waals surface area contributed by atoms with Gasteiger partial charge in [-0.25, -0.2) is 4.98 Å². The van der Waals surface area contributed by atoms with Gasteiger partial charge < -0.3 is 9.64 Å². The standard InChI is InChI=1S/C25H23ClN4O2/c1-32-22-10-9-17(13-21(22)26)15-30-23(31)8-4-7-19-14-27-25(28-24(19)30)29-12-11-18-5-2-3-6-20(18)16-29/h2-7,9-10,13-14H,8,11-12,15-16H2,1H3. The van der Waals surface area contributed by atoms with Gasteiger partial charge in [0.05, 0.1) is 18.7 Å². The van der Waals surface area contributed by atoms with Crippen molar-refractivity contribution in [3.63, 3.8) is 0 Å². The monoisotopic (exact) mass is 446 g/mol. The molecule has 7 heteroatoms. The van der Waals surface area contributed by atoms with Crippen LogP contribution in [0.2, 0.25) is 5.02 Å². The number of benzene rings is 2. The number of fused-ring (bicyclic) bond motifs is 2. The highest BCUT2D eigenvalue weighted by molar-refractivity contribution is 6.32. The second kappa shape index (κ2) is 8.63. The summed E-state index contributed by atoms with van der Waals surface area (Å²) in [5.41, 5.74) is 4.40. The SMILES string of the molecule is COc1ccc(CN2C(=O)CC=Cc3cnc(N4CCc5ccccc5C4)nc32)cc1Cl. The first-order valence-electron chi connectivity index (χ1n) is 10.6. The average molecular weight is 447 g/mol. The van der Waals surface area contributed by atoms with Crippen LogP contribution in [-0.4, -0.2) is 29.5 Å². The molecule has 0 N–H and O–H groups in total. The topological polar surface area (TPSA) is 58.6 Å². The van der Waals surface area contributed by atoms with Crippen LogP contribution < -0.4 is 14.5 Å². The van der Waals surface area contributed by atoms with Crippen molar-refractivity contribution < 1.29 is 9.53 Å². The number of carbonyl (C=O) groups is 1. The third-order valence-corrected chi connectivity index (χ3v) is 6.20. The molecule has 2 aromatic carbocycles. The number of aromatic nitrogens is 2. The lowest BCUT2D eigenvalue weighted by atomic mass is 10.0. The third-order valence-electron chi connectivity index (χ3n) is 5.90. The largest absolute Gasteiger partial charge is 0.495 e. The van der Waals surface area contributed by atoms with E-state index in [0.717, 1.165) is 30.6 Å². The van der Waals surface area contributed by atoms with Crippen LogP contribution in [0.3, 0.4) is 0 Å². The molecule has 32 heavy (non-hydrogen) atoms. The number of anilines is 2. The van der Waals surface area contributed by atoms with Crippen molar-refractivity contribution in [1.82, 2.24) is 9.97 Å². The second-order valence-electron chi connectivity index (χ2n) is 7.94. The summed E-state index contributed by atoms with van der Waals surface area (Å²) in [6.07, 6.45) is 6.85. The fraction of sp³-hybridized carbons (Fsp3) is 0.240. The first-order valence-corrected chi connectivity index (χ1v) is 11.0. The van der Waals surface area contributed by atoms with Gasteiger partial charge in [-0.15, -0.1) is 0 Å². The minimum atomic E-state index is -0.0134. The Morgan fingerprint density at radius 2 is 2.00 bits per heavy atom. The second-order valence-corrected chi connectivity index (χ2v) is 8.35. The van der Waals surface area contributed by atoms with Gasteiger partial charge in [-0.1, -0.05) is 54.1 Å². The number of hydrogen-bond acceptors (Lipinski definition) is 5. The van der Waals surface area contributed by atoms with E-state index in [1.807, 2.05) is 30.4 Å². The fourth-order valence-electron chi connectivity index (χ4n) is 4.19. The summed E-state index contributed by atoms with van der Waals surface area (Å²) in [6, 6.07) is 14.0. The first kappa shape index (κ1) is 20.5. The third kappa shape index (κ3) is 3.94. The molecule has 0 unspecified atom stereocenters. The Morgan fingerprint density at radius 1 is 1.16 bits per heavy atom. The van der Waals surface area contributed by atoms with Crippen LogP contribution in [0.4, 0.5) is 11.8 Å². The van der Waals surface area contributed by atoms with Crippen LogP contribution in [0.1, 0.15) is 28.7 Å². The predicted molar refractivity (Wildman–Crippen MR) is 126 cm³/mol. The van der Waals surface area contributed by atoms with Gasteiger partial charge in [-0.05, 0) is 35.2 Å². The Kier molecular flexibility index (Phi) is 5.53. The molecule has 0 aliphatic carbocycles. The van der Waals surface area contributed by atoms with E-state index in [9.17, 15) is 4.79 Å². The van der Waals surface area contributed by atoms with Crippen LogP contribution in [-0.2, 0) is 24.3 Å². The normalized spacial score (nSPS) is 15.2. The van der Waals surface area contributed by atoms with Gasteiger partial charge in [-0.2, -0.15) is 4.98 Å². The number of halogens is 1. The van der Waals surface area contributed by atoms with Crippen molar-refractivity contribution in [2.45, 2.75) is 25.9 Å². The molecule has 0 atom stereocenters. The molecule has 1 amide bonds. The molecule has 2 aliphatic rings. The fourth-order valence-corrected chi connectivity index (χ4v) is 4.47. The highest BCUT2D eigenvalue weighted by Gasteiger charge is 2.25. The minimum Gasteiger partial charge on any atom is -0.495 e. The van der Waals surface area contributed by atoms with Gasteiger partial charge in [-0.3, -0.25) is 9.69 Å². The van der Waals surface area contributed by atoms with Gasteiger partial charge in [0.15, 0.2) is 0 Å². The van der Waals surface area contributed by atoms with Crippen molar-refractivity contribution in [1.29, 1.82) is 0 Å². The van der Waals surface area contributed by atoms with E-state index >= 15 is 0 Å². The number of nitrogens with zero attached hydrogens (tertiary/aromatic N) is 4. The van der Waals surface area contributed by atoms with Gasteiger partial charge in [0.1, 0.15) is 11.6 Å². The summed E-state index contributed by atoms with van der Waals surface area (Å²) >= 11 is 6.31. The summed E-state index contributed by atoms with van der Waals surface area (Å²) in [4.78, 5) is 26.4. The van der Waals surface area contributed by atoms with E-state index in [2.05, 4.69) is 34.1 Å². The van der Waals surface area contributed by atoms with E-state index < -0.39 is 0 Å². The van der Waals surface area contributed by atoms with E-state index in [1.165, 1.54) is 11.1 Å². The van der Waals surface area contributed by atoms with Gasteiger partial charge >= 0.3 is 0 Å². The summed E-state index contributed by atoms with van der Waals surface area (Å²) in [5, 5.41) is 0.515. The van der Waals surface area contributed by atoms with Gasteiger partial charge in [0.25, 0.3) is 0 Å². The molecule has 0 spiro atoms. The number of amides is 1. The number of rotatable bonds is 4. The summed E-state index contributed by atoms with van der Waals surface area (Å²) in [6.45, 7) is 1.97. The Morgan fingerprint density at radius 3 is 2.81 bits per heavy atom. The summed E-state index contributed by atoms with van der Waals surface area (Å²) < 4.78 is 5.25. The zero-order valence-electron chi connectivity index (χ0n) is 17.8. The smallest absolute Gasteiger partial charge is 0.232 e. The molecule has 162 valence electrons. The molecular formula is C25H23ClN4O2. The minimum absolute atomic E-state index is 0.0134. The number of ether oxygens (including phenoxy) is 1. The Hall–Kier alpha value is -3.38. The Labute approximate surface area is 192 Å². The number of methoxy groups -OCH3 is 1. The van der Waals surface area contributed by atoms with Crippen molar-refractivity contribution in [2.24, 2.45) is 0 Å². The summed E-state index contributed by atoms with van der Waals surface area (Å²) in [5.74, 6) is 1.86. The molecule has 6 nitrogen and oxygen atoms in total. The van der Waals surface area contributed by atoms with E-state index in [4.69, 9.17) is 21.3 Å². The molecule has 3 heterocycles. The first-order chi connectivity index (χ1) is 15.6. The highest BCUT2D eigenvalue weighted by Crippen LogP contribution is 2.31. The lowest BCUT2D eigenvalue weighted by Gasteiger charge is -2.30. The molecule has 0 radical (unpaired) electrons. The van der Waals surface area contributed by atoms with E-state index in [-0.39, 0.29) is 5.91 Å². The zero-order chi connectivity index (χ0) is 22.1. The molecule has 0 bridgehead atoms. The molecular weight excluding hydrogens is 424 g/mol. The molecule has 2 aliphatic heterocycles. The van der Waals surface area contributed by atoms with Crippen LogP contribution in [0.5, 0.6) is 5.75 Å². The maximum Gasteiger partial charge on any atom is 0.232 e. The highest BCUT2D eigenvalue weighted by atomic mass is 35.5. The van der Waals surface area contributed by atoms with Gasteiger partial charge in [0, 0.05) is 31.3 Å². The van der Waals surface area contributed by atoms with Crippen LogP contribution in [0.15, 0.2) is 54.7 Å². The van der Waals surface area contributed by atoms with Crippen molar-refractivity contribution in [3.05, 3.63) is 82.0 Å². The molecule has 1 aromatic heterocycles. The lowest BCUT2D eigenvalue weighted by Crippen LogP contribution is -2.34. The van der Waals surface area contributed by atoms with Crippen molar-refractivity contribution >= 4 is 35.4 Å². The predicted octanol–water partition coefficient (Wildman–Crippen LogP) is 4.65. The van der Waals surface area contributed by atoms with Crippen molar-refractivity contribution in [3.8, 4) is 5.75 Å². The molecule has 3 aromatic rings. The van der Waals surface area contributed by atoms with Gasteiger partial charge in [0.2, 0.25) is 11.9 Å². The van der Waals surface area contributed by atoms with E-state index in [1.54, 1.807) is 18.2 Å². The Bertz CT molecular complexity index is 1210. The number of carbonyl (C=O) groups excluding carboxylic acids is 1. The molecule has 0 saturated carbocycles. The van der Waals surface area contributed by atoms with Crippen LogP contribution in [0, 0.1) is 0 Å². The van der Waals surface area contributed by atoms with Crippen LogP contribution in [0.25, 0.3) is 6.08 Å². The van der Waals surface area contributed by atoms with Crippen molar-refractivity contribution in [2.75, 3.05) is 23.5 Å². The zero-order valence-corrected chi connectivity index (χ0v) is 18.5. The Balaban J connectivity index is 1.47. The molecule has 5 rings (SSSR count). The maximum absolute atomic E-state index is 13.0. The molecule has 0 saturated heterocycles. The lowest BCUT2D eigenvalue weighted by molar-refractivity contribution is -0.117. The number of hydrogen-bond donors (Lipinski definition) is 0. The van der Waals surface area contributed by atoms with Crippen LogP contribution >= 0.6 is 11.6 Å².